The first kappa shape index (κ1) is 35.9. The van der Waals surface area contributed by atoms with E-state index in [4.69, 9.17) is 21.1 Å². The van der Waals surface area contributed by atoms with Crippen molar-refractivity contribution in [3.8, 4) is 11.5 Å². The minimum absolute atomic E-state index is 0. The van der Waals surface area contributed by atoms with Gasteiger partial charge in [0.2, 0.25) is 0 Å². The third-order valence-electron chi connectivity index (χ3n) is 8.17. The Balaban J connectivity index is 0.00000588. The predicted octanol–water partition coefficient (Wildman–Crippen LogP) is 6.97. The summed E-state index contributed by atoms with van der Waals surface area (Å²) < 4.78 is 14.8. The molecule has 0 bridgehead atoms. The van der Waals surface area contributed by atoms with Gasteiger partial charge in [-0.05, 0) is 37.1 Å². The summed E-state index contributed by atoms with van der Waals surface area (Å²) in [7, 11) is 1.76. The van der Waals surface area contributed by atoms with Gasteiger partial charge in [0.05, 0.1) is 18.7 Å². The fraction of sp³-hybridized carbons (Fsp3) is 0.657. The third kappa shape index (κ3) is 12.4. The molecule has 0 unspecified atom stereocenters. The first-order chi connectivity index (χ1) is 19.7. The first-order valence-electron chi connectivity index (χ1n) is 16.2. The van der Waals surface area contributed by atoms with Crippen molar-refractivity contribution in [3.05, 3.63) is 52.3 Å². The summed E-state index contributed by atoms with van der Waals surface area (Å²) in [4.78, 5) is 4.60. The molecule has 230 valence electrons. The van der Waals surface area contributed by atoms with Crippen molar-refractivity contribution in [2.75, 3.05) is 20.3 Å². The Morgan fingerprint density at radius 3 is 2.05 bits per heavy atom. The molecule has 1 aliphatic rings. The second-order valence-corrected chi connectivity index (χ2v) is 11.8. The summed E-state index contributed by atoms with van der Waals surface area (Å²) in [5.74, 6) is 1.82. The number of pyridine rings is 1. The number of nitrogens with zero attached hydrogens (tertiary/aromatic N) is 2. The Morgan fingerprint density at radius 1 is 0.805 bits per heavy atom. The van der Waals surface area contributed by atoms with Crippen molar-refractivity contribution in [3.63, 3.8) is 0 Å². The maximum atomic E-state index is 6.46. The van der Waals surface area contributed by atoms with Gasteiger partial charge in [0.15, 0.2) is 23.8 Å². The third-order valence-corrected chi connectivity index (χ3v) is 8.40. The van der Waals surface area contributed by atoms with Crippen molar-refractivity contribution >= 4 is 17.3 Å². The molecular weight excluding hydrogens is 643 g/mol. The molecule has 41 heavy (non-hydrogen) atoms. The van der Waals surface area contributed by atoms with E-state index in [1.165, 1.54) is 107 Å². The summed E-state index contributed by atoms with van der Waals surface area (Å²) in [5.41, 5.74) is 5.13. The number of unbranched alkanes of at least 4 members (excludes halogenated alkanes) is 13. The van der Waals surface area contributed by atoms with Crippen LogP contribution in [0.25, 0.3) is 0 Å². The number of hydrogen-bond donors (Lipinski definition) is 0. The second kappa shape index (κ2) is 21.4. The lowest BCUT2D eigenvalue weighted by molar-refractivity contribution is -0.546. The average molecular weight is 697 g/mol. The van der Waals surface area contributed by atoms with Gasteiger partial charge in [-0.2, -0.15) is 0 Å². The van der Waals surface area contributed by atoms with Crippen molar-refractivity contribution in [2.45, 2.75) is 130 Å². The molecule has 0 aliphatic carbocycles. The van der Waals surface area contributed by atoms with Gasteiger partial charge < -0.3 is 33.5 Å². The molecule has 2 aromatic rings. The summed E-state index contributed by atoms with van der Waals surface area (Å²) >= 11 is 6.12. The molecule has 3 rings (SSSR count). The molecule has 0 amide bonds. The first-order valence-corrected chi connectivity index (χ1v) is 16.6. The van der Waals surface area contributed by atoms with Gasteiger partial charge in [-0.15, -0.1) is 0 Å². The normalized spacial score (nSPS) is 12.7. The zero-order valence-corrected chi connectivity index (χ0v) is 28.9. The number of aromatic nitrogens is 1. The number of fused-ring (bicyclic) bond motifs is 1. The molecule has 0 fully saturated rings. The highest BCUT2D eigenvalue weighted by molar-refractivity contribution is 6.30. The van der Waals surface area contributed by atoms with Gasteiger partial charge in [0.25, 0.3) is 0 Å². The highest BCUT2D eigenvalue weighted by Gasteiger charge is 2.30. The Morgan fingerprint density at radius 2 is 1.44 bits per heavy atom. The number of hydrogen-bond acceptors (Lipinski definition) is 3. The van der Waals surface area contributed by atoms with Crippen LogP contribution in [0.2, 0.25) is 5.02 Å². The van der Waals surface area contributed by atoms with Crippen LogP contribution >= 0.6 is 11.6 Å². The lowest BCUT2D eigenvalue weighted by Crippen LogP contribution is -3.00. The van der Waals surface area contributed by atoms with Crippen molar-refractivity contribution in [1.82, 2.24) is 4.98 Å². The summed E-state index contributed by atoms with van der Waals surface area (Å²) in [6.07, 6.45) is 23.4. The van der Waals surface area contributed by atoms with E-state index in [0.29, 0.717) is 5.02 Å². The monoisotopic (exact) mass is 696 g/mol. The van der Waals surface area contributed by atoms with Crippen LogP contribution < -0.4 is 33.5 Å². The number of rotatable bonds is 21. The van der Waals surface area contributed by atoms with E-state index < -0.39 is 0 Å². The van der Waals surface area contributed by atoms with Gasteiger partial charge in [0, 0.05) is 30.2 Å². The Hall–Kier alpha value is -1.34. The molecular formula is C35H54ClIN2O2. The van der Waals surface area contributed by atoms with Crippen LogP contribution in [-0.4, -0.2) is 35.5 Å². The van der Waals surface area contributed by atoms with E-state index in [9.17, 15) is 0 Å². The average Bonchev–Trinajstić information content (AvgIpc) is 2.97. The highest BCUT2D eigenvalue weighted by atomic mass is 127. The maximum Gasteiger partial charge on any atom is 0.185 e. The number of ether oxygens (including phenoxy) is 2. The molecule has 4 nitrogen and oxygen atoms in total. The Labute approximate surface area is 272 Å². The molecule has 0 radical (unpaired) electrons. The van der Waals surface area contributed by atoms with Crippen LogP contribution in [-0.2, 0) is 13.0 Å². The van der Waals surface area contributed by atoms with Crippen molar-refractivity contribution in [1.29, 1.82) is 0 Å². The molecule has 1 aliphatic heterocycles. The predicted molar refractivity (Wildman–Crippen MR) is 170 cm³/mol. The van der Waals surface area contributed by atoms with Crippen LogP contribution in [0.4, 0.5) is 0 Å². The summed E-state index contributed by atoms with van der Waals surface area (Å²) in [6, 6.07) is 8.37. The van der Waals surface area contributed by atoms with E-state index in [2.05, 4.69) is 41.6 Å². The zero-order chi connectivity index (χ0) is 28.4. The van der Waals surface area contributed by atoms with Crippen LogP contribution in [0.3, 0.4) is 0 Å². The van der Waals surface area contributed by atoms with Gasteiger partial charge in [-0.3, -0.25) is 4.98 Å². The fourth-order valence-electron chi connectivity index (χ4n) is 5.82. The van der Waals surface area contributed by atoms with Crippen LogP contribution in [0, 0.1) is 0 Å². The van der Waals surface area contributed by atoms with Gasteiger partial charge in [-0.25, -0.2) is 4.58 Å². The van der Waals surface area contributed by atoms with Crippen molar-refractivity contribution < 1.29 is 38.0 Å². The molecule has 2 heterocycles. The molecule has 0 spiro atoms. The highest BCUT2D eigenvalue weighted by Crippen LogP contribution is 2.37. The minimum atomic E-state index is 0. The molecule has 0 atom stereocenters. The Kier molecular flexibility index (Phi) is 18.7. The van der Waals surface area contributed by atoms with Crippen LogP contribution in [0.1, 0.15) is 133 Å². The fourth-order valence-corrected chi connectivity index (χ4v) is 5.93. The topological polar surface area (TPSA) is 34.4 Å². The molecule has 0 saturated carbocycles. The Bertz CT molecular complexity index is 1030. The smallest absolute Gasteiger partial charge is 0.185 e. The van der Waals surface area contributed by atoms with E-state index in [1.54, 1.807) is 13.3 Å². The molecule has 0 N–H and O–H groups in total. The zero-order valence-electron chi connectivity index (χ0n) is 26.0. The lowest BCUT2D eigenvalue weighted by Gasteiger charge is -2.23. The number of halogens is 2. The van der Waals surface area contributed by atoms with Crippen LogP contribution in [0.15, 0.2) is 30.5 Å². The molecule has 1 aromatic heterocycles. The lowest BCUT2D eigenvalue weighted by atomic mass is 9.92. The number of benzene rings is 1. The number of methoxy groups -OCH3 is 1. The molecule has 1 aromatic carbocycles. The van der Waals surface area contributed by atoms with Gasteiger partial charge >= 0.3 is 0 Å². The van der Waals surface area contributed by atoms with Crippen molar-refractivity contribution in [2.24, 2.45) is 0 Å². The SMILES string of the molecule is CCCCCCCCCCCC1=[N+](Cc2ccc(Cl)cn2)CCc2c1ccc(OC)c2OCCCCCCCC.[I-]. The summed E-state index contributed by atoms with van der Waals surface area (Å²) in [6.45, 7) is 7.08. The standard InChI is InChI=1S/C35H54ClN2O2.HI/c1-4-6-8-10-12-13-14-15-17-19-33-31-22-23-34(39-3)35(40-26-18-16-11-9-7-5-2)32(31)24-25-38(33)28-30-21-20-29(36)27-37-30;/h20-23,27H,4-19,24-26,28H2,1-3H3;1H/q+1;/p-1. The van der Waals surface area contributed by atoms with E-state index in [1.807, 2.05) is 6.07 Å². The van der Waals surface area contributed by atoms with Crippen LogP contribution in [0.5, 0.6) is 11.5 Å². The largest absolute Gasteiger partial charge is 1.00 e. The van der Waals surface area contributed by atoms with Gasteiger partial charge in [0.1, 0.15) is 12.2 Å². The maximum absolute atomic E-state index is 6.46. The molecule has 0 saturated heterocycles. The van der Waals surface area contributed by atoms with E-state index in [0.717, 1.165) is 56.2 Å². The summed E-state index contributed by atoms with van der Waals surface area (Å²) in [5, 5.41) is 0.686. The quantitative estimate of drug-likeness (QED) is 0.0804. The van der Waals surface area contributed by atoms with E-state index in [-0.39, 0.29) is 24.0 Å². The molecule has 6 heteroatoms. The minimum Gasteiger partial charge on any atom is -1.00 e. The second-order valence-electron chi connectivity index (χ2n) is 11.4. The van der Waals surface area contributed by atoms with Gasteiger partial charge in [-0.1, -0.05) is 109 Å². The van der Waals surface area contributed by atoms with E-state index >= 15 is 0 Å².